The normalized spacial score (nSPS) is 20.4. The van der Waals surface area contributed by atoms with Crippen LogP contribution in [0, 0.1) is 0 Å². The molecule has 1 unspecified atom stereocenters. The van der Waals surface area contributed by atoms with Crippen molar-refractivity contribution in [2.24, 2.45) is 5.73 Å². The van der Waals surface area contributed by atoms with Gasteiger partial charge in [0, 0.05) is 37.8 Å². The van der Waals surface area contributed by atoms with E-state index in [4.69, 9.17) is 5.73 Å². The summed E-state index contributed by atoms with van der Waals surface area (Å²) in [5.74, 6) is -0.00377. The fourth-order valence-electron chi connectivity index (χ4n) is 2.62. The zero-order valence-corrected chi connectivity index (χ0v) is 13.0. The lowest BCUT2D eigenvalue weighted by atomic mass is 10.1. The van der Waals surface area contributed by atoms with Crippen molar-refractivity contribution in [1.82, 2.24) is 15.1 Å². The van der Waals surface area contributed by atoms with Gasteiger partial charge in [-0.2, -0.15) is 0 Å². The standard InChI is InChI=1S/C16H26N4O/c1-19-9-10-20(2)15(12-19)11-18-16(21)14-5-3-13(4-6-14)7-8-17/h3-6,15H,7-12,17H2,1-2H3,(H,18,21). The third-order valence-corrected chi connectivity index (χ3v) is 4.13. The number of likely N-dealkylation sites (N-methyl/N-ethyl adjacent to an activating group) is 2. The number of nitrogens with two attached hydrogens (primary N) is 1. The molecule has 0 radical (unpaired) electrons. The van der Waals surface area contributed by atoms with E-state index in [0.29, 0.717) is 24.7 Å². The van der Waals surface area contributed by atoms with Crippen molar-refractivity contribution in [3.8, 4) is 0 Å². The molecule has 0 bridgehead atoms. The van der Waals surface area contributed by atoms with E-state index in [1.54, 1.807) is 0 Å². The Balaban J connectivity index is 1.86. The molecule has 21 heavy (non-hydrogen) atoms. The Morgan fingerprint density at radius 1 is 1.29 bits per heavy atom. The van der Waals surface area contributed by atoms with Gasteiger partial charge in [-0.05, 0) is 44.8 Å². The second-order valence-electron chi connectivity index (χ2n) is 5.84. The highest BCUT2D eigenvalue weighted by Gasteiger charge is 2.22. The number of nitrogens with one attached hydrogen (secondary N) is 1. The topological polar surface area (TPSA) is 61.6 Å². The Hall–Kier alpha value is -1.43. The summed E-state index contributed by atoms with van der Waals surface area (Å²) in [6.07, 6.45) is 0.848. The van der Waals surface area contributed by atoms with E-state index in [9.17, 15) is 4.79 Å². The van der Waals surface area contributed by atoms with E-state index in [-0.39, 0.29) is 5.91 Å². The summed E-state index contributed by atoms with van der Waals surface area (Å²) in [4.78, 5) is 16.8. The maximum absolute atomic E-state index is 12.2. The minimum Gasteiger partial charge on any atom is -0.350 e. The van der Waals surface area contributed by atoms with Crippen LogP contribution in [-0.4, -0.2) is 68.6 Å². The van der Waals surface area contributed by atoms with Crippen molar-refractivity contribution >= 4 is 5.91 Å². The Labute approximate surface area is 127 Å². The smallest absolute Gasteiger partial charge is 0.251 e. The first-order chi connectivity index (χ1) is 10.1. The van der Waals surface area contributed by atoms with E-state index >= 15 is 0 Å². The van der Waals surface area contributed by atoms with Crippen LogP contribution >= 0.6 is 0 Å². The number of piperazine rings is 1. The minimum absolute atomic E-state index is 0.00377. The van der Waals surface area contributed by atoms with Crippen molar-refractivity contribution in [2.75, 3.05) is 46.8 Å². The summed E-state index contributed by atoms with van der Waals surface area (Å²) in [6.45, 7) is 4.44. The lowest BCUT2D eigenvalue weighted by Crippen LogP contribution is -2.54. The van der Waals surface area contributed by atoms with E-state index in [0.717, 1.165) is 26.1 Å². The Morgan fingerprint density at radius 2 is 2.00 bits per heavy atom. The summed E-state index contributed by atoms with van der Waals surface area (Å²) in [6, 6.07) is 8.07. The number of rotatable bonds is 5. The van der Waals surface area contributed by atoms with E-state index < -0.39 is 0 Å². The molecule has 1 fully saturated rings. The third kappa shape index (κ3) is 4.52. The second-order valence-corrected chi connectivity index (χ2v) is 5.84. The molecule has 1 aliphatic heterocycles. The highest BCUT2D eigenvalue weighted by molar-refractivity contribution is 5.94. The summed E-state index contributed by atoms with van der Waals surface area (Å²) >= 11 is 0. The maximum Gasteiger partial charge on any atom is 0.251 e. The predicted octanol–water partition coefficient (Wildman–Crippen LogP) is 0.163. The summed E-state index contributed by atoms with van der Waals surface area (Å²) in [5.41, 5.74) is 7.40. The number of amides is 1. The van der Waals surface area contributed by atoms with Crippen molar-refractivity contribution in [3.05, 3.63) is 35.4 Å². The van der Waals surface area contributed by atoms with Crippen molar-refractivity contribution in [1.29, 1.82) is 0 Å². The average molecular weight is 290 g/mol. The zero-order valence-electron chi connectivity index (χ0n) is 13.0. The molecule has 116 valence electrons. The average Bonchev–Trinajstić information content (AvgIpc) is 2.49. The van der Waals surface area contributed by atoms with Crippen LogP contribution in [0.3, 0.4) is 0 Å². The van der Waals surface area contributed by atoms with E-state index in [2.05, 4.69) is 29.2 Å². The Kier molecular flexibility index (Phi) is 5.73. The summed E-state index contributed by atoms with van der Waals surface area (Å²) < 4.78 is 0. The number of hydrogen-bond donors (Lipinski definition) is 2. The predicted molar refractivity (Wildman–Crippen MR) is 85.4 cm³/mol. The molecule has 3 N–H and O–H groups in total. The SMILES string of the molecule is CN1CCN(C)C(CNC(=O)c2ccc(CCN)cc2)C1. The molecule has 1 heterocycles. The van der Waals surface area contributed by atoms with Crippen molar-refractivity contribution in [3.63, 3.8) is 0 Å². The largest absolute Gasteiger partial charge is 0.350 e. The molecule has 0 spiro atoms. The molecule has 5 nitrogen and oxygen atoms in total. The van der Waals surface area contributed by atoms with Gasteiger partial charge in [0.25, 0.3) is 5.91 Å². The highest BCUT2D eigenvalue weighted by atomic mass is 16.1. The molecule has 1 amide bonds. The van der Waals surface area contributed by atoms with Crippen LogP contribution in [0.2, 0.25) is 0 Å². The number of hydrogen-bond acceptors (Lipinski definition) is 4. The number of carbonyl (C=O) groups is 1. The number of nitrogens with zero attached hydrogens (tertiary/aromatic N) is 2. The van der Waals surface area contributed by atoms with Gasteiger partial charge < -0.3 is 16.0 Å². The molecule has 2 rings (SSSR count). The van der Waals surface area contributed by atoms with Crippen LogP contribution in [-0.2, 0) is 6.42 Å². The molecule has 1 aromatic carbocycles. The van der Waals surface area contributed by atoms with Crippen LogP contribution in [0.25, 0.3) is 0 Å². The quantitative estimate of drug-likeness (QED) is 0.811. The summed E-state index contributed by atoms with van der Waals surface area (Å²) in [7, 11) is 4.24. The molecule has 0 aliphatic carbocycles. The Bertz CT molecular complexity index is 460. The first-order valence-corrected chi connectivity index (χ1v) is 7.56. The molecular formula is C16H26N4O. The van der Waals surface area contributed by atoms with E-state index in [1.165, 1.54) is 5.56 Å². The Morgan fingerprint density at radius 3 is 2.67 bits per heavy atom. The van der Waals surface area contributed by atoms with Crippen LogP contribution in [0.4, 0.5) is 0 Å². The number of benzene rings is 1. The fraction of sp³-hybridized carbons (Fsp3) is 0.562. The van der Waals surface area contributed by atoms with Gasteiger partial charge in [-0.15, -0.1) is 0 Å². The molecular weight excluding hydrogens is 264 g/mol. The van der Waals surface area contributed by atoms with Gasteiger partial charge in [-0.25, -0.2) is 0 Å². The molecule has 0 aromatic heterocycles. The maximum atomic E-state index is 12.2. The van der Waals surface area contributed by atoms with Crippen molar-refractivity contribution in [2.45, 2.75) is 12.5 Å². The fourth-order valence-corrected chi connectivity index (χ4v) is 2.62. The van der Waals surface area contributed by atoms with Crippen LogP contribution < -0.4 is 11.1 Å². The molecule has 1 aromatic rings. The van der Waals surface area contributed by atoms with E-state index in [1.807, 2.05) is 24.3 Å². The van der Waals surface area contributed by atoms with Crippen LogP contribution in [0.15, 0.2) is 24.3 Å². The first-order valence-electron chi connectivity index (χ1n) is 7.56. The van der Waals surface area contributed by atoms with Crippen LogP contribution in [0.1, 0.15) is 15.9 Å². The minimum atomic E-state index is -0.00377. The third-order valence-electron chi connectivity index (χ3n) is 4.13. The lowest BCUT2D eigenvalue weighted by molar-refractivity contribution is 0.0881. The van der Waals surface area contributed by atoms with Gasteiger partial charge in [0.15, 0.2) is 0 Å². The molecule has 1 atom stereocenters. The number of carbonyl (C=O) groups excluding carboxylic acids is 1. The first kappa shape index (κ1) is 15.9. The van der Waals surface area contributed by atoms with Gasteiger partial charge in [0.05, 0.1) is 0 Å². The molecule has 5 heteroatoms. The van der Waals surface area contributed by atoms with Gasteiger partial charge in [-0.3, -0.25) is 9.69 Å². The van der Waals surface area contributed by atoms with Gasteiger partial charge in [0.1, 0.15) is 0 Å². The monoisotopic (exact) mass is 290 g/mol. The molecule has 0 saturated carbocycles. The zero-order chi connectivity index (χ0) is 15.2. The van der Waals surface area contributed by atoms with Gasteiger partial charge in [-0.1, -0.05) is 12.1 Å². The van der Waals surface area contributed by atoms with Gasteiger partial charge in [0.2, 0.25) is 0 Å². The molecule has 1 aliphatic rings. The molecule has 1 saturated heterocycles. The summed E-state index contributed by atoms with van der Waals surface area (Å²) in [5, 5.41) is 3.04. The van der Waals surface area contributed by atoms with Crippen molar-refractivity contribution < 1.29 is 4.79 Å². The lowest BCUT2D eigenvalue weighted by Gasteiger charge is -2.37. The van der Waals surface area contributed by atoms with Crippen LogP contribution in [0.5, 0.6) is 0 Å². The second kappa shape index (κ2) is 7.54. The highest BCUT2D eigenvalue weighted by Crippen LogP contribution is 2.07. The van der Waals surface area contributed by atoms with Gasteiger partial charge >= 0.3 is 0 Å².